The van der Waals surface area contributed by atoms with Gasteiger partial charge in [0, 0.05) is 24.7 Å². The molecule has 1 fully saturated rings. The number of rotatable bonds is 4. The van der Waals surface area contributed by atoms with Crippen molar-refractivity contribution in [3.8, 4) is 0 Å². The van der Waals surface area contributed by atoms with Crippen LogP contribution < -0.4 is 0 Å². The van der Waals surface area contributed by atoms with Crippen molar-refractivity contribution in [3.05, 3.63) is 11.8 Å². The highest BCUT2D eigenvalue weighted by molar-refractivity contribution is 5.70. The van der Waals surface area contributed by atoms with Gasteiger partial charge in [-0.05, 0) is 39.0 Å². The Balaban J connectivity index is 1.96. The van der Waals surface area contributed by atoms with Crippen LogP contribution in [0.2, 0.25) is 0 Å². The van der Waals surface area contributed by atoms with E-state index in [1.54, 1.807) is 0 Å². The van der Waals surface area contributed by atoms with Crippen molar-refractivity contribution in [1.29, 1.82) is 0 Å². The van der Waals surface area contributed by atoms with E-state index < -0.39 is 0 Å². The molecule has 0 radical (unpaired) electrons. The zero-order valence-corrected chi connectivity index (χ0v) is 10.8. The number of carbonyl (C=O) groups is 1. The van der Waals surface area contributed by atoms with Gasteiger partial charge in [0.15, 0.2) is 0 Å². The first-order valence-corrected chi connectivity index (χ1v) is 6.92. The summed E-state index contributed by atoms with van der Waals surface area (Å²) in [7, 11) is 0. The molecule has 0 spiro atoms. The molecule has 0 bridgehead atoms. The predicted octanol–water partition coefficient (Wildman–Crippen LogP) is 2.72. The van der Waals surface area contributed by atoms with Gasteiger partial charge in [-0.3, -0.25) is 4.79 Å². The van der Waals surface area contributed by atoms with Gasteiger partial charge in [0.25, 0.3) is 0 Å². The molecule has 0 N–H and O–H groups in total. The average Bonchev–Trinajstić information content (AvgIpc) is 2.83. The molecule has 3 heteroatoms. The Bertz CT molecular complexity index is 293. The second-order valence-corrected chi connectivity index (χ2v) is 4.96. The van der Waals surface area contributed by atoms with Crippen LogP contribution in [0.5, 0.6) is 0 Å². The number of hydrogen-bond donors (Lipinski definition) is 0. The fourth-order valence-corrected chi connectivity index (χ4v) is 2.92. The summed E-state index contributed by atoms with van der Waals surface area (Å²) < 4.78 is 5.07. The Labute approximate surface area is 104 Å². The monoisotopic (exact) mass is 237 g/mol. The van der Waals surface area contributed by atoms with Crippen molar-refractivity contribution >= 4 is 5.97 Å². The molecule has 0 amide bonds. The molecule has 1 heterocycles. The summed E-state index contributed by atoms with van der Waals surface area (Å²) in [5.74, 6) is 0.366. The number of ether oxygens (including phenoxy) is 1. The van der Waals surface area contributed by atoms with Crippen LogP contribution in [0.1, 0.15) is 45.4 Å². The van der Waals surface area contributed by atoms with Gasteiger partial charge in [-0.25, -0.2) is 0 Å². The Kier molecular flexibility index (Phi) is 4.46. The molecule has 3 nitrogen and oxygen atoms in total. The lowest BCUT2D eigenvalue weighted by Crippen LogP contribution is -2.28. The molecule has 1 unspecified atom stereocenters. The van der Waals surface area contributed by atoms with Crippen LogP contribution in [0, 0.1) is 5.92 Å². The van der Waals surface area contributed by atoms with E-state index >= 15 is 0 Å². The lowest BCUT2D eigenvalue weighted by Gasteiger charge is -2.31. The van der Waals surface area contributed by atoms with Gasteiger partial charge in [0.05, 0.1) is 13.0 Å². The maximum absolute atomic E-state index is 11.6. The first-order valence-electron chi connectivity index (χ1n) is 6.92. The predicted molar refractivity (Wildman–Crippen MR) is 67.5 cm³/mol. The molecule has 1 aliphatic heterocycles. The highest BCUT2D eigenvalue weighted by atomic mass is 16.5. The van der Waals surface area contributed by atoms with Crippen LogP contribution in [0.3, 0.4) is 0 Å². The SMILES string of the molecule is CCOC(=O)CC1CCCC=C1N1CCCC1. The topological polar surface area (TPSA) is 29.5 Å². The van der Waals surface area contributed by atoms with Gasteiger partial charge in [-0.15, -0.1) is 0 Å². The molecule has 2 aliphatic rings. The number of nitrogens with zero attached hydrogens (tertiary/aromatic N) is 1. The minimum absolute atomic E-state index is 0.0375. The Hall–Kier alpha value is -0.990. The highest BCUT2D eigenvalue weighted by Crippen LogP contribution is 2.32. The summed E-state index contributed by atoms with van der Waals surface area (Å²) in [4.78, 5) is 14.1. The molecule has 0 aromatic heterocycles. The largest absolute Gasteiger partial charge is 0.466 e. The molecule has 1 saturated heterocycles. The van der Waals surface area contributed by atoms with E-state index in [0.717, 1.165) is 6.42 Å². The third-order valence-electron chi connectivity index (χ3n) is 3.72. The molecule has 0 aromatic rings. The molecule has 1 aliphatic carbocycles. The summed E-state index contributed by atoms with van der Waals surface area (Å²) in [5.41, 5.74) is 1.42. The van der Waals surface area contributed by atoms with E-state index in [-0.39, 0.29) is 5.97 Å². The molecule has 0 aromatic carbocycles. The summed E-state index contributed by atoms with van der Waals surface area (Å²) in [6.45, 7) is 4.71. The van der Waals surface area contributed by atoms with Crippen molar-refractivity contribution in [2.24, 2.45) is 5.92 Å². The smallest absolute Gasteiger partial charge is 0.306 e. The number of allylic oxidation sites excluding steroid dienone is 2. The summed E-state index contributed by atoms with van der Waals surface area (Å²) in [6, 6.07) is 0. The third-order valence-corrected chi connectivity index (χ3v) is 3.72. The Morgan fingerprint density at radius 3 is 2.88 bits per heavy atom. The molecular formula is C14H23NO2. The zero-order chi connectivity index (χ0) is 12.1. The minimum atomic E-state index is -0.0375. The van der Waals surface area contributed by atoms with E-state index in [1.165, 1.54) is 44.5 Å². The zero-order valence-electron chi connectivity index (χ0n) is 10.8. The minimum Gasteiger partial charge on any atom is -0.466 e. The van der Waals surface area contributed by atoms with E-state index in [1.807, 2.05) is 6.92 Å². The molecule has 0 saturated carbocycles. The lowest BCUT2D eigenvalue weighted by molar-refractivity contribution is -0.144. The molecule has 17 heavy (non-hydrogen) atoms. The summed E-state index contributed by atoms with van der Waals surface area (Å²) in [6.07, 6.45) is 9.02. The average molecular weight is 237 g/mol. The summed E-state index contributed by atoms with van der Waals surface area (Å²) in [5, 5.41) is 0. The number of hydrogen-bond acceptors (Lipinski definition) is 3. The van der Waals surface area contributed by atoms with Crippen LogP contribution in [0.15, 0.2) is 11.8 Å². The quantitative estimate of drug-likeness (QED) is 0.704. The number of esters is 1. The molecular weight excluding hydrogens is 214 g/mol. The first kappa shape index (κ1) is 12.5. The van der Waals surface area contributed by atoms with Crippen molar-refractivity contribution < 1.29 is 9.53 Å². The van der Waals surface area contributed by atoms with Crippen LogP contribution in [0.4, 0.5) is 0 Å². The Morgan fingerprint density at radius 1 is 1.41 bits per heavy atom. The van der Waals surface area contributed by atoms with Gasteiger partial charge in [0.2, 0.25) is 0 Å². The van der Waals surface area contributed by atoms with E-state index in [0.29, 0.717) is 18.9 Å². The summed E-state index contributed by atoms with van der Waals surface area (Å²) >= 11 is 0. The van der Waals surface area contributed by atoms with Crippen LogP contribution >= 0.6 is 0 Å². The molecule has 1 atom stereocenters. The maximum atomic E-state index is 11.6. The first-order chi connectivity index (χ1) is 8.31. The van der Waals surface area contributed by atoms with Crippen LogP contribution in [0.25, 0.3) is 0 Å². The van der Waals surface area contributed by atoms with E-state index in [2.05, 4.69) is 11.0 Å². The second-order valence-electron chi connectivity index (χ2n) is 4.96. The van der Waals surface area contributed by atoms with Crippen molar-refractivity contribution in [1.82, 2.24) is 4.90 Å². The number of carbonyl (C=O) groups excluding carboxylic acids is 1. The Morgan fingerprint density at radius 2 is 2.18 bits per heavy atom. The van der Waals surface area contributed by atoms with Gasteiger partial charge >= 0.3 is 5.97 Å². The fourth-order valence-electron chi connectivity index (χ4n) is 2.92. The molecule has 96 valence electrons. The van der Waals surface area contributed by atoms with Crippen molar-refractivity contribution in [3.63, 3.8) is 0 Å². The van der Waals surface area contributed by atoms with Gasteiger partial charge < -0.3 is 9.64 Å². The van der Waals surface area contributed by atoms with E-state index in [4.69, 9.17) is 4.74 Å². The third kappa shape index (κ3) is 3.24. The maximum Gasteiger partial charge on any atom is 0.306 e. The van der Waals surface area contributed by atoms with E-state index in [9.17, 15) is 4.79 Å². The lowest BCUT2D eigenvalue weighted by atomic mass is 9.89. The number of likely N-dealkylation sites (tertiary alicyclic amines) is 1. The van der Waals surface area contributed by atoms with Crippen LogP contribution in [-0.2, 0) is 9.53 Å². The van der Waals surface area contributed by atoms with Crippen LogP contribution in [-0.4, -0.2) is 30.6 Å². The molecule has 2 rings (SSSR count). The van der Waals surface area contributed by atoms with Gasteiger partial charge in [-0.2, -0.15) is 0 Å². The van der Waals surface area contributed by atoms with Gasteiger partial charge in [0.1, 0.15) is 0 Å². The standard InChI is InChI=1S/C14H23NO2/c1-2-17-14(16)11-12-7-3-4-8-13(12)15-9-5-6-10-15/h8,12H,2-7,9-11H2,1H3. The fraction of sp³-hybridized carbons (Fsp3) is 0.786. The normalized spacial score (nSPS) is 24.6. The second kappa shape index (κ2) is 6.08. The van der Waals surface area contributed by atoms with Crippen molar-refractivity contribution in [2.45, 2.75) is 45.4 Å². The highest BCUT2D eigenvalue weighted by Gasteiger charge is 2.26. The van der Waals surface area contributed by atoms with Gasteiger partial charge in [-0.1, -0.05) is 6.08 Å². The van der Waals surface area contributed by atoms with Crippen molar-refractivity contribution in [2.75, 3.05) is 19.7 Å².